The van der Waals surface area contributed by atoms with Crippen molar-refractivity contribution in [3.63, 3.8) is 0 Å². The second-order valence-electron chi connectivity index (χ2n) is 3.12. The van der Waals surface area contributed by atoms with Gasteiger partial charge in [-0.3, -0.25) is 0 Å². The summed E-state index contributed by atoms with van der Waals surface area (Å²) < 4.78 is 0. The topological polar surface area (TPSA) is 37.3 Å². The highest BCUT2D eigenvalue weighted by Gasteiger charge is 2.09. The first-order valence-corrected chi connectivity index (χ1v) is 4.95. The lowest BCUT2D eigenvalue weighted by Gasteiger charge is -2.03. The molecule has 0 aliphatic carbocycles. The molecule has 2 aromatic rings. The standard InChI is InChI=1S/C11H6Cl2O2/c12-7-1-2-9-6(3-7)4-8(13)5-10(9)11(14)15/h1-5H,(H,14,15). The zero-order chi connectivity index (χ0) is 11.0. The molecule has 0 radical (unpaired) electrons. The molecule has 1 N–H and O–H groups in total. The van der Waals surface area contributed by atoms with E-state index in [1.807, 2.05) is 0 Å². The van der Waals surface area contributed by atoms with E-state index in [9.17, 15) is 4.79 Å². The lowest BCUT2D eigenvalue weighted by Crippen LogP contribution is -1.97. The zero-order valence-electron chi connectivity index (χ0n) is 7.50. The fraction of sp³-hybridized carbons (Fsp3) is 0. The van der Waals surface area contributed by atoms with E-state index in [-0.39, 0.29) is 5.56 Å². The summed E-state index contributed by atoms with van der Waals surface area (Å²) >= 11 is 11.6. The Hall–Kier alpha value is -1.25. The van der Waals surface area contributed by atoms with Crippen LogP contribution in [0.25, 0.3) is 10.8 Å². The van der Waals surface area contributed by atoms with E-state index >= 15 is 0 Å². The van der Waals surface area contributed by atoms with E-state index in [4.69, 9.17) is 28.3 Å². The Labute approximate surface area is 96.0 Å². The first-order chi connectivity index (χ1) is 7.08. The predicted molar refractivity (Wildman–Crippen MR) is 60.9 cm³/mol. The molecule has 0 aromatic heterocycles. The molecule has 76 valence electrons. The van der Waals surface area contributed by atoms with Crippen LogP contribution in [0.5, 0.6) is 0 Å². The molecular weight excluding hydrogens is 235 g/mol. The lowest BCUT2D eigenvalue weighted by molar-refractivity contribution is 0.0699. The molecule has 2 nitrogen and oxygen atoms in total. The lowest BCUT2D eigenvalue weighted by atomic mass is 10.0. The molecule has 0 amide bonds. The summed E-state index contributed by atoms with van der Waals surface area (Å²) in [4.78, 5) is 11.0. The van der Waals surface area contributed by atoms with Crippen LogP contribution in [0.3, 0.4) is 0 Å². The maximum absolute atomic E-state index is 11.0. The number of hydrogen-bond acceptors (Lipinski definition) is 1. The van der Waals surface area contributed by atoms with Gasteiger partial charge >= 0.3 is 5.97 Å². The van der Waals surface area contributed by atoms with E-state index in [0.29, 0.717) is 15.4 Å². The second-order valence-corrected chi connectivity index (χ2v) is 4.00. The molecule has 0 heterocycles. The van der Waals surface area contributed by atoms with Gasteiger partial charge in [0.25, 0.3) is 0 Å². The van der Waals surface area contributed by atoms with Crippen LogP contribution in [0.1, 0.15) is 10.4 Å². The van der Waals surface area contributed by atoms with Crippen LogP contribution in [0, 0.1) is 0 Å². The van der Waals surface area contributed by atoms with Gasteiger partial charge in [-0.05, 0) is 35.0 Å². The van der Waals surface area contributed by atoms with Crippen LogP contribution < -0.4 is 0 Å². The van der Waals surface area contributed by atoms with E-state index < -0.39 is 5.97 Å². The Balaban J connectivity index is 2.86. The highest BCUT2D eigenvalue weighted by atomic mass is 35.5. The van der Waals surface area contributed by atoms with E-state index in [1.54, 1.807) is 24.3 Å². The van der Waals surface area contributed by atoms with Crippen molar-refractivity contribution in [2.75, 3.05) is 0 Å². The molecule has 2 rings (SSSR count). The maximum atomic E-state index is 11.0. The minimum atomic E-state index is -0.996. The van der Waals surface area contributed by atoms with Crippen molar-refractivity contribution in [2.24, 2.45) is 0 Å². The molecule has 0 unspecified atom stereocenters. The van der Waals surface area contributed by atoms with E-state index in [2.05, 4.69) is 0 Å². The van der Waals surface area contributed by atoms with Crippen LogP contribution in [0.2, 0.25) is 10.0 Å². The SMILES string of the molecule is O=C(O)c1cc(Cl)cc2cc(Cl)ccc12. The van der Waals surface area contributed by atoms with Gasteiger partial charge in [-0.2, -0.15) is 0 Å². The third kappa shape index (κ3) is 1.91. The number of rotatable bonds is 1. The van der Waals surface area contributed by atoms with Crippen molar-refractivity contribution in [3.8, 4) is 0 Å². The molecule has 0 aliphatic heterocycles. The van der Waals surface area contributed by atoms with Gasteiger partial charge in [0.2, 0.25) is 0 Å². The molecule has 2 aromatic carbocycles. The van der Waals surface area contributed by atoms with Gasteiger partial charge in [-0.1, -0.05) is 29.3 Å². The maximum Gasteiger partial charge on any atom is 0.336 e. The third-order valence-corrected chi connectivity index (χ3v) is 2.56. The van der Waals surface area contributed by atoms with Crippen molar-refractivity contribution in [1.82, 2.24) is 0 Å². The largest absolute Gasteiger partial charge is 0.478 e. The molecule has 4 heteroatoms. The molecule has 0 bridgehead atoms. The minimum absolute atomic E-state index is 0.189. The molecule has 0 aliphatic rings. The number of carboxylic acids is 1. The zero-order valence-corrected chi connectivity index (χ0v) is 9.01. The van der Waals surface area contributed by atoms with Crippen LogP contribution in [0.4, 0.5) is 0 Å². The first kappa shape index (κ1) is 10.3. The van der Waals surface area contributed by atoms with Crippen molar-refractivity contribution >= 4 is 39.9 Å². The molecule has 15 heavy (non-hydrogen) atoms. The highest BCUT2D eigenvalue weighted by molar-refractivity contribution is 6.33. The van der Waals surface area contributed by atoms with E-state index in [1.165, 1.54) is 6.07 Å². The normalized spacial score (nSPS) is 10.5. The average Bonchev–Trinajstić information content (AvgIpc) is 2.15. The average molecular weight is 241 g/mol. The molecule has 0 saturated heterocycles. The molecule has 0 saturated carbocycles. The van der Waals surface area contributed by atoms with Gasteiger partial charge in [0.15, 0.2) is 0 Å². The van der Waals surface area contributed by atoms with Gasteiger partial charge in [0, 0.05) is 10.0 Å². The number of fused-ring (bicyclic) bond motifs is 1. The van der Waals surface area contributed by atoms with Gasteiger partial charge in [0.05, 0.1) is 5.56 Å². The summed E-state index contributed by atoms with van der Waals surface area (Å²) in [5, 5.41) is 11.3. The number of carbonyl (C=O) groups is 1. The molecule has 0 spiro atoms. The van der Waals surface area contributed by atoms with Gasteiger partial charge in [-0.25, -0.2) is 4.79 Å². The molecule has 0 fully saturated rings. The van der Waals surface area contributed by atoms with Gasteiger partial charge in [0.1, 0.15) is 0 Å². The Morgan fingerprint density at radius 2 is 1.73 bits per heavy atom. The van der Waals surface area contributed by atoms with Crippen molar-refractivity contribution in [2.45, 2.75) is 0 Å². The van der Waals surface area contributed by atoms with Crippen molar-refractivity contribution in [1.29, 1.82) is 0 Å². The fourth-order valence-corrected chi connectivity index (χ4v) is 1.89. The number of aromatic carboxylic acids is 1. The summed E-state index contributed by atoms with van der Waals surface area (Å²) in [5.41, 5.74) is 0.189. The monoisotopic (exact) mass is 240 g/mol. The Bertz CT molecular complexity index is 544. The quantitative estimate of drug-likeness (QED) is 0.823. The van der Waals surface area contributed by atoms with Crippen LogP contribution >= 0.6 is 23.2 Å². The number of benzene rings is 2. The fourth-order valence-electron chi connectivity index (χ4n) is 1.48. The number of carboxylic acid groups (broad SMARTS) is 1. The second kappa shape index (κ2) is 3.72. The van der Waals surface area contributed by atoms with Crippen LogP contribution in [-0.4, -0.2) is 11.1 Å². The van der Waals surface area contributed by atoms with Gasteiger partial charge in [-0.15, -0.1) is 0 Å². The van der Waals surface area contributed by atoms with Crippen molar-refractivity contribution in [3.05, 3.63) is 45.9 Å². The van der Waals surface area contributed by atoms with Crippen LogP contribution in [0.15, 0.2) is 30.3 Å². The number of hydrogen-bond donors (Lipinski definition) is 1. The smallest absolute Gasteiger partial charge is 0.336 e. The Morgan fingerprint density at radius 3 is 2.40 bits per heavy atom. The Kier molecular flexibility index (Phi) is 2.55. The number of halogens is 2. The summed E-state index contributed by atoms with van der Waals surface area (Å²) in [5.74, 6) is -0.996. The minimum Gasteiger partial charge on any atom is -0.478 e. The summed E-state index contributed by atoms with van der Waals surface area (Å²) in [6, 6.07) is 8.15. The van der Waals surface area contributed by atoms with Gasteiger partial charge < -0.3 is 5.11 Å². The predicted octanol–water partition coefficient (Wildman–Crippen LogP) is 3.84. The third-order valence-electron chi connectivity index (χ3n) is 2.11. The Morgan fingerprint density at radius 1 is 1.07 bits per heavy atom. The summed E-state index contributed by atoms with van der Waals surface area (Å²) in [7, 11) is 0. The summed E-state index contributed by atoms with van der Waals surface area (Å²) in [6.07, 6.45) is 0. The highest BCUT2D eigenvalue weighted by Crippen LogP contribution is 2.26. The van der Waals surface area contributed by atoms with Crippen LogP contribution in [-0.2, 0) is 0 Å². The van der Waals surface area contributed by atoms with Crippen molar-refractivity contribution < 1.29 is 9.90 Å². The first-order valence-electron chi connectivity index (χ1n) is 4.20. The van der Waals surface area contributed by atoms with E-state index in [0.717, 1.165) is 5.39 Å². The summed E-state index contributed by atoms with van der Waals surface area (Å²) in [6.45, 7) is 0. The molecular formula is C11H6Cl2O2. The molecule has 0 atom stereocenters.